The average molecular weight is 254 g/mol. The van der Waals surface area contributed by atoms with E-state index in [4.69, 9.17) is 9.47 Å². The van der Waals surface area contributed by atoms with E-state index in [9.17, 15) is 9.59 Å². The molecule has 0 saturated carbocycles. The van der Waals surface area contributed by atoms with E-state index in [1.54, 1.807) is 13.8 Å². The summed E-state index contributed by atoms with van der Waals surface area (Å²) in [4.78, 5) is 23.9. The van der Waals surface area contributed by atoms with Crippen molar-refractivity contribution in [1.82, 2.24) is 0 Å². The smallest absolute Gasteiger partial charge is 0.320 e. The van der Waals surface area contributed by atoms with Gasteiger partial charge < -0.3 is 9.47 Å². The number of hydrogen-bond donors (Lipinski definition) is 0. The molecule has 102 valence electrons. The minimum Gasteiger partial charge on any atom is -0.465 e. The Balaban J connectivity index is 2.88. The Kier molecular flexibility index (Phi) is 5.89. The van der Waals surface area contributed by atoms with Crippen LogP contribution in [0, 0.1) is 17.8 Å². The number of hydrogen-bond acceptors (Lipinski definition) is 4. The molecule has 0 heterocycles. The van der Waals surface area contributed by atoms with Crippen molar-refractivity contribution in [3.05, 3.63) is 12.2 Å². The predicted molar refractivity (Wildman–Crippen MR) is 67.8 cm³/mol. The maximum Gasteiger partial charge on any atom is 0.320 e. The average Bonchev–Trinajstić information content (AvgIpc) is 2.33. The molecule has 0 aromatic carbocycles. The van der Waals surface area contributed by atoms with E-state index in [0.29, 0.717) is 0 Å². The lowest BCUT2D eigenvalue weighted by atomic mass is 9.77. The Morgan fingerprint density at radius 2 is 1.78 bits per heavy atom. The monoisotopic (exact) mass is 254 g/mol. The van der Waals surface area contributed by atoms with Gasteiger partial charge in [-0.15, -0.1) is 0 Å². The molecular weight excluding hydrogens is 232 g/mol. The quantitative estimate of drug-likeness (QED) is 0.429. The van der Waals surface area contributed by atoms with Crippen molar-refractivity contribution in [2.45, 2.75) is 33.6 Å². The zero-order valence-corrected chi connectivity index (χ0v) is 11.3. The van der Waals surface area contributed by atoms with E-state index >= 15 is 0 Å². The molecule has 1 rings (SSSR count). The molecule has 0 radical (unpaired) electrons. The Morgan fingerprint density at radius 3 is 2.22 bits per heavy atom. The summed E-state index contributed by atoms with van der Waals surface area (Å²) in [6, 6.07) is 0. The number of carbonyl (C=O) groups excluding carboxylic acids is 2. The Morgan fingerprint density at radius 1 is 1.22 bits per heavy atom. The van der Waals surface area contributed by atoms with Crippen LogP contribution in [0.3, 0.4) is 0 Å². The van der Waals surface area contributed by atoms with Crippen LogP contribution in [0.4, 0.5) is 0 Å². The third kappa shape index (κ3) is 3.59. The SMILES string of the molecule is CCOC(=O)C(C(=O)OCC)[C@H]1C=CCC[C@@H]1C. The van der Waals surface area contributed by atoms with E-state index in [2.05, 4.69) is 6.92 Å². The lowest BCUT2D eigenvalue weighted by molar-refractivity contribution is -0.164. The summed E-state index contributed by atoms with van der Waals surface area (Å²) in [5.74, 6) is -1.60. The second-order valence-electron chi connectivity index (χ2n) is 4.54. The summed E-state index contributed by atoms with van der Waals surface area (Å²) in [5.41, 5.74) is 0. The molecule has 4 nitrogen and oxygen atoms in total. The van der Waals surface area contributed by atoms with Gasteiger partial charge in [0, 0.05) is 5.92 Å². The van der Waals surface area contributed by atoms with Gasteiger partial charge in [0.05, 0.1) is 13.2 Å². The van der Waals surface area contributed by atoms with Crippen LogP contribution in [0.5, 0.6) is 0 Å². The second-order valence-corrected chi connectivity index (χ2v) is 4.54. The fourth-order valence-electron chi connectivity index (χ4n) is 2.31. The molecule has 0 N–H and O–H groups in total. The highest BCUT2D eigenvalue weighted by molar-refractivity contribution is 5.95. The third-order valence-electron chi connectivity index (χ3n) is 3.27. The molecule has 2 atom stereocenters. The zero-order chi connectivity index (χ0) is 13.5. The highest BCUT2D eigenvalue weighted by Crippen LogP contribution is 2.32. The molecule has 0 saturated heterocycles. The lowest BCUT2D eigenvalue weighted by Gasteiger charge is -2.29. The van der Waals surface area contributed by atoms with E-state index in [1.165, 1.54) is 0 Å². The standard InChI is InChI=1S/C14H22O4/c1-4-17-13(15)12(14(16)18-5-2)11-9-7-6-8-10(11)3/h7,9-12H,4-6,8H2,1-3H3/t10-,11-/m0/s1. The van der Waals surface area contributed by atoms with Crippen molar-refractivity contribution >= 4 is 11.9 Å². The van der Waals surface area contributed by atoms with Gasteiger partial charge in [0.25, 0.3) is 0 Å². The highest BCUT2D eigenvalue weighted by atomic mass is 16.6. The first-order chi connectivity index (χ1) is 8.61. The van der Waals surface area contributed by atoms with Crippen LogP contribution in [0.1, 0.15) is 33.6 Å². The molecule has 1 aliphatic carbocycles. The Bertz CT molecular complexity index is 304. The first kappa shape index (κ1) is 14.7. The fraction of sp³-hybridized carbons (Fsp3) is 0.714. The molecule has 0 fully saturated rings. The minimum atomic E-state index is -0.823. The van der Waals surface area contributed by atoms with Gasteiger partial charge in [0.1, 0.15) is 0 Å². The fourth-order valence-corrected chi connectivity index (χ4v) is 2.31. The van der Waals surface area contributed by atoms with Crippen LogP contribution >= 0.6 is 0 Å². The summed E-state index contributed by atoms with van der Waals surface area (Å²) < 4.78 is 10.00. The van der Waals surface area contributed by atoms with Gasteiger partial charge in [-0.1, -0.05) is 19.1 Å². The van der Waals surface area contributed by atoms with Crippen LogP contribution in [-0.4, -0.2) is 25.2 Å². The van der Waals surface area contributed by atoms with Gasteiger partial charge in [-0.05, 0) is 32.6 Å². The van der Waals surface area contributed by atoms with Crippen LogP contribution in [0.25, 0.3) is 0 Å². The molecular formula is C14H22O4. The van der Waals surface area contributed by atoms with Crippen LogP contribution in [-0.2, 0) is 19.1 Å². The summed E-state index contributed by atoms with van der Waals surface area (Å²) in [7, 11) is 0. The number of rotatable bonds is 5. The summed E-state index contributed by atoms with van der Waals surface area (Å²) in [5, 5.41) is 0. The van der Waals surface area contributed by atoms with E-state index in [1.807, 2.05) is 12.2 Å². The summed E-state index contributed by atoms with van der Waals surface area (Å²) in [6.45, 7) is 6.08. The molecule has 0 amide bonds. The van der Waals surface area contributed by atoms with Crippen molar-refractivity contribution in [2.75, 3.05) is 13.2 Å². The molecule has 1 aliphatic rings. The largest absolute Gasteiger partial charge is 0.465 e. The van der Waals surface area contributed by atoms with Crippen LogP contribution < -0.4 is 0 Å². The summed E-state index contributed by atoms with van der Waals surface area (Å²) in [6.07, 6.45) is 5.95. The van der Waals surface area contributed by atoms with Crippen molar-refractivity contribution in [1.29, 1.82) is 0 Å². The second kappa shape index (κ2) is 7.19. The van der Waals surface area contributed by atoms with E-state index < -0.39 is 17.9 Å². The van der Waals surface area contributed by atoms with Gasteiger partial charge in [-0.25, -0.2) is 0 Å². The van der Waals surface area contributed by atoms with Crippen molar-refractivity contribution in [2.24, 2.45) is 17.8 Å². The first-order valence-corrected chi connectivity index (χ1v) is 6.61. The molecule has 0 bridgehead atoms. The van der Waals surface area contributed by atoms with Crippen molar-refractivity contribution < 1.29 is 19.1 Å². The van der Waals surface area contributed by atoms with Gasteiger partial charge in [-0.3, -0.25) is 9.59 Å². The van der Waals surface area contributed by atoms with Crippen molar-refractivity contribution in [3.63, 3.8) is 0 Å². The molecule has 0 unspecified atom stereocenters. The number of allylic oxidation sites excluding steroid dienone is 2. The molecule has 0 spiro atoms. The van der Waals surface area contributed by atoms with Gasteiger partial charge in [0.2, 0.25) is 0 Å². The van der Waals surface area contributed by atoms with Gasteiger partial charge in [-0.2, -0.15) is 0 Å². The van der Waals surface area contributed by atoms with Crippen LogP contribution in [0.2, 0.25) is 0 Å². The van der Waals surface area contributed by atoms with E-state index in [-0.39, 0.29) is 25.0 Å². The first-order valence-electron chi connectivity index (χ1n) is 6.61. The maximum atomic E-state index is 11.9. The highest BCUT2D eigenvalue weighted by Gasteiger charge is 2.39. The minimum absolute atomic E-state index is 0.114. The predicted octanol–water partition coefficient (Wildman–Crippen LogP) is 2.33. The van der Waals surface area contributed by atoms with Crippen LogP contribution in [0.15, 0.2) is 12.2 Å². The number of ether oxygens (including phenoxy) is 2. The van der Waals surface area contributed by atoms with E-state index in [0.717, 1.165) is 12.8 Å². The number of carbonyl (C=O) groups is 2. The van der Waals surface area contributed by atoms with Gasteiger partial charge in [0.15, 0.2) is 5.92 Å². The van der Waals surface area contributed by atoms with Crippen molar-refractivity contribution in [3.8, 4) is 0 Å². The Labute approximate surface area is 108 Å². The maximum absolute atomic E-state index is 11.9. The molecule has 0 aromatic rings. The summed E-state index contributed by atoms with van der Waals surface area (Å²) >= 11 is 0. The normalized spacial score (nSPS) is 22.9. The third-order valence-corrected chi connectivity index (χ3v) is 3.27. The molecule has 4 heteroatoms. The topological polar surface area (TPSA) is 52.6 Å². The molecule has 18 heavy (non-hydrogen) atoms. The van der Waals surface area contributed by atoms with Gasteiger partial charge >= 0.3 is 11.9 Å². The zero-order valence-electron chi connectivity index (χ0n) is 11.3. The number of esters is 2. The molecule has 0 aliphatic heterocycles. The lowest BCUT2D eigenvalue weighted by Crippen LogP contribution is -2.37. The Hall–Kier alpha value is -1.32. The molecule has 0 aromatic heterocycles.